The van der Waals surface area contributed by atoms with Gasteiger partial charge in [0.15, 0.2) is 5.60 Å². The third-order valence-corrected chi connectivity index (χ3v) is 4.33. The Labute approximate surface area is 130 Å². The molecule has 0 saturated heterocycles. The van der Waals surface area contributed by atoms with Crippen molar-refractivity contribution in [2.45, 2.75) is 31.0 Å². The number of hydrogen-bond acceptors (Lipinski definition) is 2. The molecule has 2 N–H and O–H groups in total. The minimum atomic E-state index is -4.71. The largest absolute Gasteiger partial charge is 0.418 e. The highest BCUT2D eigenvalue weighted by Gasteiger charge is 2.53. The zero-order valence-corrected chi connectivity index (χ0v) is 12.5. The van der Waals surface area contributed by atoms with Crippen LogP contribution < -0.4 is 5.32 Å². The van der Waals surface area contributed by atoms with E-state index >= 15 is 0 Å². The van der Waals surface area contributed by atoms with Crippen LogP contribution in [-0.2, 0) is 0 Å². The Morgan fingerprint density at radius 2 is 1.86 bits per heavy atom. The van der Waals surface area contributed by atoms with Gasteiger partial charge in [0.05, 0.1) is 16.6 Å². The van der Waals surface area contributed by atoms with Gasteiger partial charge in [-0.2, -0.15) is 13.2 Å². The lowest BCUT2D eigenvalue weighted by Crippen LogP contribution is -2.50. The van der Waals surface area contributed by atoms with E-state index in [4.69, 9.17) is 23.2 Å². The summed E-state index contributed by atoms with van der Waals surface area (Å²) in [5, 5.41) is 13.1. The smallest absolute Gasteiger partial charge is 0.381 e. The van der Waals surface area contributed by atoms with Gasteiger partial charge in [-0.25, -0.2) is 0 Å². The molecule has 1 heterocycles. The van der Waals surface area contributed by atoms with Crippen LogP contribution in [0.1, 0.15) is 24.8 Å². The van der Waals surface area contributed by atoms with Gasteiger partial charge >= 0.3 is 6.18 Å². The summed E-state index contributed by atoms with van der Waals surface area (Å²) in [6.07, 6.45) is -4.58. The zero-order chi connectivity index (χ0) is 15.8. The maximum absolute atomic E-state index is 13.0. The van der Waals surface area contributed by atoms with Crippen molar-refractivity contribution < 1.29 is 18.3 Å². The Kier molecular flexibility index (Phi) is 4.47. The lowest BCUT2D eigenvalue weighted by atomic mass is 9.94. The summed E-state index contributed by atoms with van der Waals surface area (Å²) < 4.78 is 39.1. The quantitative estimate of drug-likeness (QED) is 0.704. The molecule has 0 aromatic heterocycles. The van der Waals surface area contributed by atoms with E-state index in [2.05, 4.69) is 11.9 Å². The average molecular weight is 340 g/mol. The van der Waals surface area contributed by atoms with Crippen LogP contribution in [-0.4, -0.2) is 23.4 Å². The number of hydrogen-bond donors (Lipinski definition) is 2. The molecular weight excluding hydrogens is 326 g/mol. The number of aliphatic hydroxyl groups is 1. The summed E-state index contributed by atoms with van der Waals surface area (Å²) in [6.45, 7) is 3.23. The van der Waals surface area contributed by atoms with E-state index in [0.717, 1.165) is 0 Å². The summed E-state index contributed by atoms with van der Waals surface area (Å²) in [7, 11) is 0. The third kappa shape index (κ3) is 3.30. The maximum Gasteiger partial charge on any atom is 0.418 e. The van der Waals surface area contributed by atoms with Gasteiger partial charge in [0.1, 0.15) is 0 Å². The molecule has 1 aliphatic heterocycles. The molecule has 0 aliphatic carbocycles. The van der Waals surface area contributed by atoms with Crippen molar-refractivity contribution in [2.75, 3.05) is 11.9 Å². The second-order valence-corrected chi connectivity index (χ2v) is 5.97. The van der Waals surface area contributed by atoms with Crippen LogP contribution in [0.5, 0.6) is 0 Å². The minimum absolute atomic E-state index is 0.177. The second-order valence-electron chi connectivity index (χ2n) is 5.15. The SMILES string of the molecule is C=C1CCCC(O)(C(F)(F)F)CNc2cc(Cl)c(Cl)cc21. The predicted octanol–water partition coefficient (Wildman–Crippen LogP) is 4.90. The highest BCUT2D eigenvalue weighted by molar-refractivity contribution is 6.42. The van der Waals surface area contributed by atoms with Gasteiger partial charge in [-0.1, -0.05) is 29.8 Å². The fourth-order valence-electron chi connectivity index (χ4n) is 2.29. The second kappa shape index (κ2) is 5.71. The first-order chi connectivity index (χ1) is 9.64. The first-order valence-electron chi connectivity index (χ1n) is 6.34. The molecule has 1 aliphatic rings. The number of β-amino-alcohol motifs (C(OH)–C–C–N with tert-alkyl or cyclic N) is 1. The summed E-state index contributed by atoms with van der Waals surface area (Å²) in [5.74, 6) is 0. The average Bonchev–Trinajstić information content (AvgIpc) is 2.42. The van der Waals surface area contributed by atoms with E-state index < -0.39 is 24.7 Å². The molecule has 21 heavy (non-hydrogen) atoms. The normalized spacial score (nSPS) is 23.6. The van der Waals surface area contributed by atoms with Crippen LogP contribution in [0.2, 0.25) is 10.0 Å². The van der Waals surface area contributed by atoms with Crippen LogP contribution in [0.3, 0.4) is 0 Å². The molecule has 2 rings (SSSR count). The Balaban J connectivity index is 2.42. The third-order valence-electron chi connectivity index (χ3n) is 3.61. The van der Waals surface area contributed by atoms with Gasteiger partial charge in [0.2, 0.25) is 0 Å². The molecule has 7 heteroatoms. The summed E-state index contributed by atoms with van der Waals surface area (Å²) in [6, 6.07) is 3.03. The van der Waals surface area contributed by atoms with Crippen LogP contribution >= 0.6 is 23.2 Å². The van der Waals surface area contributed by atoms with Gasteiger partial charge in [0, 0.05) is 11.3 Å². The topological polar surface area (TPSA) is 32.3 Å². The van der Waals surface area contributed by atoms with Crippen molar-refractivity contribution in [3.8, 4) is 0 Å². The molecular formula is C14H14Cl2F3NO. The molecule has 0 radical (unpaired) electrons. The molecule has 0 bridgehead atoms. The lowest BCUT2D eigenvalue weighted by molar-refractivity contribution is -0.256. The highest BCUT2D eigenvalue weighted by atomic mass is 35.5. The monoisotopic (exact) mass is 339 g/mol. The Bertz CT molecular complexity index is 574. The fourth-order valence-corrected chi connectivity index (χ4v) is 2.61. The molecule has 116 valence electrons. The Hall–Kier alpha value is -0.910. The van der Waals surface area contributed by atoms with E-state index in [1.54, 1.807) is 6.07 Å². The van der Waals surface area contributed by atoms with Crippen LogP contribution in [0.15, 0.2) is 18.7 Å². The van der Waals surface area contributed by atoms with Gasteiger partial charge in [-0.05, 0) is 37.0 Å². The molecule has 0 spiro atoms. The molecule has 2 nitrogen and oxygen atoms in total. The number of alkyl halides is 3. The fraction of sp³-hybridized carbons (Fsp3) is 0.429. The standard InChI is InChI=1S/C14H14Cl2F3NO/c1-8-3-2-4-13(21,14(17,18)19)7-20-12-6-11(16)10(15)5-9(8)12/h5-6,20-21H,1-4,7H2. The van der Waals surface area contributed by atoms with Crippen LogP contribution in [0.4, 0.5) is 18.9 Å². The minimum Gasteiger partial charge on any atom is -0.381 e. The van der Waals surface area contributed by atoms with Crippen molar-refractivity contribution in [3.05, 3.63) is 34.3 Å². The van der Waals surface area contributed by atoms with Crippen molar-refractivity contribution in [1.29, 1.82) is 0 Å². The first kappa shape index (κ1) is 16.5. The lowest BCUT2D eigenvalue weighted by Gasteiger charge is -2.30. The number of halogens is 5. The Morgan fingerprint density at radius 1 is 1.24 bits per heavy atom. The number of nitrogens with one attached hydrogen (secondary N) is 1. The van der Waals surface area contributed by atoms with Gasteiger partial charge < -0.3 is 10.4 Å². The molecule has 0 saturated carbocycles. The summed E-state index contributed by atoms with van der Waals surface area (Å²) in [4.78, 5) is 0. The first-order valence-corrected chi connectivity index (χ1v) is 7.10. The van der Waals surface area contributed by atoms with E-state index in [1.165, 1.54) is 6.07 Å². The van der Waals surface area contributed by atoms with Crippen molar-refractivity contribution in [1.82, 2.24) is 0 Å². The van der Waals surface area contributed by atoms with E-state index in [-0.39, 0.29) is 11.4 Å². The highest BCUT2D eigenvalue weighted by Crippen LogP contribution is 2.40. The zero-order valence-electron chi connectivity index (χ0n) is 11.0. The van der Waals surface area contributed by atoms with Gasteiger partial charge in [-0.3, -0.25) is 0 Å². The van der Waals surface area contributed by atoms with Crippen LogP contribution in [0.25, 0.3) is 5.57 Å². The molecule has 1 unspecified atom stereocenters. The summed E-state index contributed by atoms with van der Waals surface area (Å²) in [5.41, 5.74) is -1.11. The Morgan fingerprint density at radius 3 is 2.48 bits per heavy atom. The number of anilines is 1. The maximum atomic E-state index is 13.0. The van der Waals surface area contributed by atoms with E-state index in [0.29, 0.717) is 28.3 Å². The predicted molar refractivity (Wildman–Crippen MR) is 78.8 cm³/mol. The molecule has 1 aromatic carbocycles. The molecule has 0 amide bonds. The van der Waals surface area contributed by atoms with Gasteiger partial charge in [0.25, 0.3) is 0 Å². The number of allylic oxidation sites excluding steroid dienone is 1. The van der Waals surface area contributed by atoms with E-state index in [9.17, 15) is 18.3 Å². The number of benzene rings is 1. The molecule has 1 aromatic rings. The van der Waals surface area contributed by atoms with Crippen molar-refractivity contribution in [3.63, 3.8) is 0 Å². The number of rotatable bonds is 0. The molecule has 1 atom stereocenters. The number of fused-ring (bicyclic) bond motifs is 1. The van der Waals surface area contributed by atoms with Crippen LogP contribution in [0, 0.1) is 0 Å². The van der Waals surface area contributed by atoms with Crippen molar-refractivity contribution in [2.24, 2.45) is 0 Å². The summed E-state index contributed by atoms with van der Waals surface area (Å²) >= 11 is 11.8. The van der Waals surface area contributed by atoms with Gasteiger partial charge in [-0.15, -0.1) is 0 Å². The van der Waals surface area contributed by atoms with E-state index in [1.807, 2.05) is 0 Å². The molecule has 0 fully saturated rings. The van der Waals surface area contributed by atoms with Crippen molar-refractivity contribution >= 4 is 34.5 Å².